The number of aromatic nitrogens is 3. The molecule has 0 unspecified atom stereocenters. The van der Waals surface area contributed by atoms with Crippen molar-refractivity contribution in [3.05, 3.63) is 66.3 Å². The summed E-state index contributed by atoms with van der Waals surface area (Å²) in [6.07, 6.45) is 4.20. The van der Waals surface area contributed by atoms with E-state index >= 15 is 0 Å². The zero-order valence-corrected chi connectivity index (χ0v) is 15.9. The minimum absolute atomic E-state index is 0.0846. The number of ether oxygens (including phenoxy) is 1. The zero-order chi connectivity index (χ0) is 19.5. The summed E-state index contributed by atoms with van der Waals surface area (Å²) >= 11 is 0. The predicted octanol–water partition coefficient (Wildman–Crippen LogP) is 4.21. The molecule has 0 N–H and O–H groups in total. The summed E-state index contributed by atoms with van der Waals surface area (Å²) in [5, 5.41) is 0.894. The third-order valence-electron chi connectivity index (χ3n) is 4.53. The minimum atomic E-state index is 0.0846. The van der Waals surface area contributed by atoms with Gasteiger partial charge in [0.1, 0.15) is 22.9 Å². The van der Waals surface area contributed by atoms with E-state index in [9.17, 15) is 4.79 Å². The van der Waals surface area contributed by atoms with Crippen LogP contribution in [0.2, 0.25) is 0 Å². The van der Waals surface area contributed by atoms with E-state index in [1.54, 1.807) is 13.1 Å². The number of aryl methyl sites for hydroxylation is 1. The van der Waals surface area contributed by atoms with Crippen LogP contribution in [0, 0.1) is 6.92 Å². The largest absolute Gasteiger partial charge is 0.492 e. The van der Waals surface area contributed by atoms with Crippen LogP contribution in [0.1, 0.15) is 18.4 Å². The molecule has 0 saturated heterocycles. The number of ketones is 1. The van der Waals surface area contributed by atoms with E-state index in [0.29, 0.717) is 25.5 Å². The fourth-order valence-electron chi connectivity index (χ4n) is 3.18. The van der Waals surface area contributed by atoms with E-state index in [0.717, 1.165) is 33.8 Å². The van der Waals surface area contributed by atoms with E-state index < -0.39 is 0 Å². The second kappa shape index (κ2) is 7.68. The van der Waals surface area contributed by atoms with Gasteiger partial charge >= 0.3 is 0 Å². The van der Waals surface area contributed by atoms with Gasteiger partial charge in [-0.25, -0.2) is 9.97 Å². The number of Topliss-reactive ketones (excluding diaryl/α,β-unsaturated/α-hetero) is 1. The Morgan fingerprint density at radius 3 is 2.79 bits per heavy atom. The number of hydrogen-bond acceptors (Lipinski definition) is 5. The van der Waals surface area contributed by atoms with Gasteiger partial charge in [0.2, 0.25) is 5.89 Å². The second-order valence-electron chi connectivity index (χ2n) is 6.68. The van der Waals surface area contributed by atoms with Gasteiger partial charge in [0.25, 0.3) is 0 Å². The van der Waals surface area contributed by atoms with Gasteiger partial charge in [-0.3, -0.25) is 4.79 Å². The first-order chi connectivity index (χ1) is 13.6. The average molecular weight is 375 g/mol. The van der Waals surface area contributed by atoms with Crippen LogP contribution >= 0.6 is 0 Å². The van der Waals surface area contributed by atoms with Gasteiger partial charge in [-0.15, -0.1) is 0 Å². The first kappa shape index (κ1) is 18.0. The number of carbonyl (C=O) groups excluding carboxylic acids is 1. The fourth-order valence-corrected chi connectivity index (χ4v) is 3.18. The molecule has 0 saturated carbocycles. The number of pyridine rings is 1. The predicted molar refractivity (Wildman–Crippen MR) is 106 cm³/mol. The second-order valence-corrected chi connectivity index (χ2v) is 6.68. The van der Waals surface area contributed by atoms with Crippen LogP contribution in [0.5, 0.6) is 5.75 Å². The molecular formula is C22H21N3O3. The van der Waals surface area contributed by atoms with Crippen LogP contribution < -0.4 is 4.74 Å². The zero-order valence-electron chi connectivity index (χ0n) is 15.9. The lowest BCUT2D eigenvalue weighted by atomic mass is 10.2. The number of fused-ring (bicyclic) bond motifs is 1. The molecule has 1 aromatic carbocycles. The summed E-state index contributed by atoms with van der Waals surface area (Å²) in [5.41, 5.74) is 2.59. The van der Waals surface area contributed by atoms with Crippen LogP contribution in [-0.4, -0.2) is 26.9 Å². The Kier molecular flexibility index (Phi) is 4.93. The molecule has 0 bridgehead atoms. The van der Waals surface area contributed by atoms with Crippen molar-refractivity contribution < 1.29 is 13.9 Å². The first-order valence-electron chi connectivity index (χ1n) is 9.19. The molecule has 0 atom stereocenters. The molecule has 142 valence electrons. The number of rotatable bonds is 7. The molecule has 28 heavy (non-hydrogen) atoms. The lowest BCUT2D eigenvalue weighted by molar-refractivity contribution is -0.117. The Morgan fingerprint density at radius 2 is 2.00 bits per heavy atom. The molecule has 6 heteroatoms. The molecule has 0 spiro atoms. The number of benzene rings is 1. The van der Waals surface area contributed by atoms with Crippen molar-refractivity contribution in [3.63, 3.8) is 0 Å². The third-order valence-corrected chi connectivity index (χ3v) is 4.53. The standard InChI is InChI=1S/C22H21N3O3/c1-15(26)14-25-12-9-18-20(8-11-23-21(18)25)27-13-10-19-16(2)28-22(24-19)17-6-4-3-5-7-17/h3-9,11-12H,10,13-14H2,1-2H3. The van der Waals surface area contributed by atoms with Gasteiger partial charge in [0, 0.05) is 24.4 Å². The van der Waals surface area contributed by atoms with E-state index in [1.165, 1.54) is 0 Å². The first-order valence-corrected chi connectivity index (χ1v) is 9.19. The summed E-state index contributed by atoms with van der Waals surface area (Å²) in [5.74, 6) is 2.26. The van der Waals surface area contributed by atoms with Crippen LogP contribution in [0.3, 0.4) is 0 Å². The van der Waals surface area contributed by atoms with Gasteiger partial charge in [-0.2, -0.15) is 0 Å². The maximum Gasteiger partial charge on any atom is 0.226 e. The van der Waals surface area contributed by atoms with Crippen LogP contribution in [0.25, 0.3) is 22.5 Å². The highest BCUT2D eigenvalue weighted by Crippen LogP contribution is 2.26. The highest BCUT2D eigenvalue weighted by Gasteiger charge is 2.13. The Bertz CT molecular complexity index is 1110. The Hall–Kier alpha value is -3.41. The van der Waals surface area contributed by atoms with Gasteiger partial charge in [0.05, 0.1) is 24.2 Å². The average Bonchev–Trinajstić information content (AvgIpc) is 3.27. The molecule has 0 aliphatic heterocycles. The normalized spacial score (nSPS) is 11.1. The summed E-state index contributed by atoms with van der Waals surface area (Å²) in [6, 6.07) is 13.6. The van der Waals surface area contributed by atoms with E-state index in [2.05, 4.69) is 9.97 Å². The fraction of sp³-hybridized carbons (Fsp3) is 0.227. The Balaban J connectivity index is 1.47. The molecule has 0 amide bonds. The summed E-state index contributed by atoms with van der Waals surface area (Å²) in [6.45, 7) is 4.26. The molecule has 4 aromatic rings. The summed E-state index contributed by atoms with van der Waals surface area (Å²) < 4.78 is 13.6. The lowest BCUT2D eigenvalue weighted by Gasteiger charge is -2.07. The van der Waals surface area contributed by atoms with Crippen molar-refractivity contribution in [2.24, 2.45) is 0 Å². The Morgan fingerprint density at radius 1 is 1.18 bits per heavy atom. The van der Waals surface area contributed by atoms with Gasteiger partial charge < -0.3 is 13.7 Å². The van der Waals surface area contributed by atoms with Crippen molar-refractivity contribution in [2.45, 2.75) is 26.8 Å². The van der Waals surface area contributed by atoms with Crippen molar-refractivity contribution in [3.8, 4) is 17.2 Å². The topological polar surface area (TPSA) is 70.2 Å². The van der Waals surface area contributed by atoms with Crippen molar-refractivity contribution in [2.75, 3.05) is 6.61 Å². The van der Waals surface area contributed by atoms with E-state index in [4.69, 9.17) is 9.15 Å². The number of oxazole rings is 1. The smallest absolute Gasteiger partial charge is 0.226 e. The summed E-state index contributed by atoms with van der Waals surface area (Å²) in [7, 11) is 0. The molecule has 6 nitrogen and oxygen atoms in total. The number of nitrogens with zero attached hydrogens (tertiary/aromatic N) is 3. The quantitative estimate of drug-likeness (QED) is 0.484. The van der Waals surface area contributed by atoms with Gasteiger partial charge in [-0.05, 0) is 38.1 Å². The molecule has 0 fully saturated rings. The molecule has 0 aliphatic carbocycles. The molecule has 3 aromatic heterocycles. The van der Waals surface area contributed by atoms with Crippen molar-refractivity contribution >= 4 is 16.8 Å². The van der Waals surface area contributed by atoms with Crippen molar-refractivity contribution in [1.82, 2.24) is 14.5 Å². The van der Waals surface area contributed by atoms with Crippen LogP contribution in [0.15, 0.2) is 59.3 Å². The number of carbonyl (C=O) groups is 1. The minimum Gasteiger partial charge on any atom is -0.492 e. The molecule has 3 heterocycles. The van der Waals surface area contributed by atoms with Crippen LogP contribution in [0.4, 0.5) is 0 Å². The third kappa shape index (κ3) is 3.67. The molecule has 4 rings (SSSR count). The maximum absolute atomic E-state index is 11.4. The Labute approximate surface area is 162 Å². The van der Waals surface area contributed by atoms with Crippen LogP contribution in [-0.2, 0) is 17.8 Å². The molecule has 0 radical (unpaired) electrons. The SMILES string of the molecule is CC(=O)Cn1ccc2c(OCCc3nc(-c4ccccc4)oc3C)ccnc21. The maximum atomic E-state index is 11.4. The molecular weight excluding hydrogens is 354 g/mol. The highest BCUT2D eigenvalue weighted by atomic mass is 16.5. The van der Waals surface area contributed by atoms with Gasteiger partial charge in [-0.1, -0.05) is 18.2 Å². The summed E-state index contributed by atoms with van der Waals surface area (Å²) in [4.78, 5) is 20.4. The monoisotopic (exact) mass is 375 g/mol. The lowest BCUT2D eigenvalue weighted by Crippen LogP contribution is -2.06. The van der Waals surface area contributed by atoms with Crippen molar-refractivity contribution in [1.29, 1.82) is 0 Å². The van der Waals surface area contributed by atoms with E-state index in [-0.39, 0.29) is 5.78 Å². The van der Waals surface area contributed by atoms with E-state index in [1.807, 2.05) is 60.2 Å². The number of hydrogen-bond donors (Lipinski definition) is 0. The highest BCUT2D eigenvalue weighted by molar-refractivity contribution is 5.85. The van der Waals surface area contributed by atoms with Gasteiger partial charge in [0.15, 0.2) is 0 Å². The molecule has 0 aliphatic rings.